The Kier molecular flexibility index (Phi) is 5.72. The van der Waals surface area contributed by atoms with Crippen molar-refractivity contribution in [2.24, 2.45) is 0 Å². The van der Waals surface area contributed by atoms with Crippen molar-refractivity contribution in [2.45, 2.75) is 16.2 Å². The summed E-state index contributed by atoms with van der Waals surface area (Å²) in [7, 11) is -6.62. The molecule has 0 saturated heterocycles. The summed E-state index contributed by atoms with van der Waals surface area (Å²) in [6.07, 6.45) is 0.415. The van der Waals surface area contributed by atoms with Crippen LogP contribution in [0.3, 0.4) is 0 Å². The SMILES string of the molecule is COc1ccc(S(=O)(=O)N2CCc3cccc(NS(=O)(=O)c4ccc([N+](=O)[O-])cc4)c32)cc1. The number of hydrogen-bond donors (Lipinski definition) is 1. The summed E-state index contributed by atoms with van der Waals surface area (Å²) >= 11 is 0. The van der Waals surface area contributed by atoms with E-state index >= 15 is 0 Å². The van der Waals surface area contributed by atoms with Gasteiger partial charge in [-0.25, -0.2) is 16.8 Å². The minimum atomic E-state index is -4.13. The van der Waals surface area contributed by atoms with Crippen LogP contribution in [0, 0.1) is 10.1 Å². The average Bonchev–Trinajstić information content (AvgIpc) is 3.25. The number of nitro benzene ring substituents is 1. The van der Waals surface area contributed by atoms with Gasteiger partial charge in [0.05, 0.1) is 33.2 Å². The number of benzene rings is 3. The Labute approximate surface area is 190 Å². The molecule has 172 valence electrons. The largest absolute Gasteiger partial charge is 0.497 e. The van der Waals surface area contributed by atoms with Crippen molar-refractivity contribution in [1.82, 2.24) is 0 Å². The van der Waals surface area contributed by atoms with Gasteiger partial charge in [-0.15, -0.1) is 0 Å². The van der Waals surface area contributed by atoms with Crippen molar-refractivity contribution in [1.29, 1.82) is 0 Å². The molecule has 10 nitrogen and oxygen atoms in total. The lowest BCUT2D eigenvalue weighted by Gasteiger charge is -2.22. The molecule has 0 fully saturated rings. The first-order valence-corrected chi connectivity index (χ1v) is 12.6. The molecule has 3 aromatic carbocycles. The normalized spacial score (nSPS) is 13.4. The molecule has 0 radical (unpaired) electrons. The Bertz CT molecular complexity index is 1420. The molecule has 1 aliphatic rings. The lowest BCUT2D eigenvalue weighted by molar-refractivity contribution is -0.384. The summed E-state index contributed by atoms with van der Waals surface area (Å²) in [6, 6.07) is 15.2. The highest BCUT2D eigenvalue weighted by molar-refractivity contribution is 7.93. The van der Waals surface area contributed by atoms with Crippen molar-refractivity contribution in [2.75, 3.05) is 22.7 Å². The molecule has 0 unspecified atom stereocenters. The molecule has 0 atom stereocenters. The van der Waals surface area contributed by atoms with E-state index in [1.165, 1.54) is 41.7 Å². The fraction of sp³-hybridized carbons (Fsp3) is 0.143. The first kappa shape index (κ1) is 22.6. The number of hydrogen-bond acceptors (Lipinski definition) is 7. The van der Waals surface area contributed by atoms with Crippen LogP contribution in [0.5, 0.6) is 5.75 Å². The molecule has 1 heterocycles. The van der Waals surface area contributed by atoms with E-state index in [9.17, 15) is 26.9 Å². The number of sulfonamides is 2. The maximum atomic E-state index is 13.3. The van der Waals surface area contributed by atoms with E-state index in [1.807, 2.05) is 0 Å². The minimum absolute atomic E-state index is 0.0455. The molecule has 3 aromatic rings. The second-order valence-corrected chi connectivity index (χ2v) is 10.7. The molecular formula is C21H19N3O7S2. The molecule has 0 saturated carbocycles. The van der Waals surface area contributed by atoms with Gasteiger partial charge in [0.2, 0.25) is 0 Å². The first-order chi connectivity index (χ1) is 15.6. The number of fused-ring (bicyclic) bond motifs is 1. The molecule has 0 aliphatic carbocycles. The van der Waals surface area contributed by atoms with Crippen molar-refractivity contribution in [3.05, 3.63) is 82.4 Å². The lowest BCUT2D eigenvalue weighted by atomic mass is 10.1. The van der Waals surface area contributed by atoms with Gasteiger partial charge in [0.25, 0.3) is 25.7 Å². The molecule has 4 rings (SSSR count). The molecular weight excluding hydrogens is 470 g/mol. The lowest BCUT2D eigenvalue weighted by Crippen LogP contribution is -2.30. The highest BCUT2D eigenvalue weighted by Crippen LogP contribution is 2.40. The van der Waals surface area contributed by atoms with Gasteiger partial charge < -0.3 is 4.74 Å². The van der Waals surface area contributed by atoms with Crippen molar-refractivity contribution >= 4 is 37.1 Å². The Morgan fingerprint density at radius 2 is 1.58 bits per heavy atom. The number of anilines is 2. The van der Waals surface area contributed by atoms with Gasteiger partial charge in [0.15, 0.2) is 0 Å². The topological polar surface area (TPSA) is 136 Å². The monoisotopic (exact) mass is 489 g/mol. The summed E-state index contributed by atoms with van der Waals surface area (Å²) in [6.45, 7) is 0.153. The number of nitrogens with one attached hydrogen (secondary N) is 1. The molecule has 12 heteroatoms. The van der Waals surface area contributed by atoms with Gasteiger partial charge in [-0.1, -0.05) is 12.1 Å². The zero-order chi connectivity index (χ0) is 23.8. The average molecular weight is 490 g/mol. The van der Waals surface area contributed by atoms with Gasteiger partial charge >= 0.3 is 0 Å². The summed E-state index contributed by atoms with van der Waals surface area (Å²) in [5.41, 5.74) is 0.779. The fourth-order valence-electron chi connectivity index (χ4n) is 3.57. The summed E-state index contributed by atoms with van der Waals surface area (Å²) in [4.78, 5) is 10.1. The van der Waals surface area contributed by atoms with E-state index in [1.54, 1.807) is 12.1 Å². The van der Waals surface area contributed by atoms with E-state index in [2.05, 4.69) is 4.72 Å². The number of rotatable bonds is 7. The Hall–Kier alpha value is -3.64. The van der Waals surface area contributed by atoms with Crippen molar-refractivity contribution in [3.8, 4) is 5.75 Å². The minimum Gasteiger partial charge on any atom is -0.497 e. The number of nitro groups is 1. The van der Waals surface area contributed by atoms with Crippen LogP contribution in [0.2, 0.25) is 0 Å². The first-order valence-electron chi connectivity index (χ1n) is 9.69. The smallest absolute Gasteiger partial charge is 0.269 e. The highest BCUT2D eigenvalue weighted by atomic mass is 32.2. The number of nitrogens with zero attached hydrogens (tertiary/aromatic N) is 2. The van der Waals surface area contributed by atoms with Crippen molar-refractivity contribution < 1.29 is 26.5 Å². The molecule has 33 heavy (non-hydrogen) atoms. The third kappa shape index (κ3) is 4.22. The number of ether oxygens (including phenoxy) is 1. The van der Waals surface area contributed by atoms with E-state index in [0.717, 1.165) is 24.3 Å². The highest BCUT2D eigenvalue weighted by Gasteiger charge is 2.34. The maximum Gasteiger partial charge on any atom is 0.269 e. The summed E-state index contributed by atoms with van der Waals surface area (Å²) < 4.78 is 61.2. The predicted octanol–water partition coefficient (Wildman–Crippen LogP) is 3.16. The second-order valence-electron chi connectivity index (χ2n) is 7.17. The molecule has 1 N–H and O–H groups in total. The van der Waals surface area contributed by atoms with Crippen LogP contribution in [0.4, 0.5) is 17.1 Å². The van der Waals surface area contributed by atoms with Crippen LogP contribution in [0.1, 0.15) is 5.56 Å². The van der Waals surface area contributed by atoms with E-state index in [4.69, 9.17) is 4.74 Å². The zero-order valence-corrected chi connectivity index (χ0v) is 19.0. The third-order valence-corrected chi connectivity index (χ3v) is 8.40. The quantitative estimate of drug-likeness (QED) is 0.398. The second kappa shape index (κ2) is 8.37. The van der Waals surface area contributed by atoms with Gasteiger partial charge in [-0.05, 0) is 54.4 Å². The summed E-state index contributed by atoms with van der Waals surface area (Å²) in [5.74, 6) is 0.507. The standard InChI is InChI=1S/C21H19N3O7S2/c1-31-17-7-11-19(12-8-17)33(29,30)23-14-13-15-3-2-4-20(21(15)23)22-32(27,28)18-9-5-16(6-10-18)24(25)26/h2-12,22H,13-14H2,1H3. The van der Waals surface area contributed by atoms with Gasteiger partial charge in [0, 0.05) is 18.7 Å². The van der Waals surface area contributed by atoms with E-state index in [0.29, 0.717) is 17.7 Å². The Morgan fingerprint density at radius 1 is 0.939 bits per heavy atom. The molecule has 0 spiro atoms. The van der Waals surface area contributed by atoms with Crippen LogP contribution < -0.4 is 13.8 Å². The van der Waals surface area contributed by atoms with Crippen LogP contribution in [-0.2, 0) is 26.5 Å². The van der Waals surface area contributed by atoms with Crippen LogP contribution in [-0.4, -0.2) is 35.4 Å². The summed E-state index contributed by atoms with van der Waals surface area (Å²) in [5, 5.41) is 10.8. The van der Waals surface area contributed by atoms with Crippen LogP contribution >= 0.6 is 0 Å². The molecule has 0 bridgehead atoms. The number of non-ortho nitro benzene ring substituents is 1. The molecule has 0 aromatic heterocycles. The van der Waals surface area contributed by atoms with Crippen LogP contribution in [0.15, 0.2) is 76.5 Å². The number of para-hydroxylation sites is 1. The van der Waals surface area contributed by atoms with Gasteiger partial charge in [0.1, 0.15) is 5.75 Å². The third-order valence-electron chi connectivity index (χ3n) is 5.20. The maximum absolute atomic E-state index is 13.3. The number of methoxy groups -OCH3 is 1. The fourth-order valence-corrected chi connectivity index (χ4v) is 6.16. The van der Waals surface area contributed by atoms with E-state index in [-0.39, 0.29) is 33.4 Å². The van der Waals surface area contributed by atoms with Crippen molar-refractivity contribution in [3.63, 3.8) is 0 Å². The van der Waals surface area contributed by atoms with Gasteiger partial charge in [-0.2, -0.15) is 0 Å². The molecule has 0 amide bonds. The van der Waals surface area contributed by atoms with E-state index < -0.39 is 25.0 Å². The Balaban J connectivity index is 1.70. The van der Waals surface area contributed by atoms with Gasteiger partial charge in [-0.3, -0.25) is 19.1 Å². The predicted molar refractivity (Wildman–Crippen MR) is 122 cm³/mol. The molecule has 1 aliphatic heterocycles. The zero-order valence-electron chi connectivity index (χ0n) is 17.3. The van der Waals surface area contributed by atoms with Crippen LogP contribution in [0.25, 0.3) is 0 Å². The Morgan fingerprint density at radius 3 is 2.18 bits per heavy atom.